The minimum atomic E-state index is -1.46. The number of para-hydroxylation sites is 1. The molecule has 0 aliphatic carbocycles. The molecule has 1 aromatic rings. The summed E-state index contributed by atoms with van der Waals surface area (Å²) in [6.07, 6.45) is -5.34. The zero-order valence-electron chi connectivity index (χ0n) is 15.5. The highest BCUT2D eigenvalue weighted by Crippen LogP contribution is 2.29. The van der Waals surface area contributed by atoms with E-state index in [1.807, 2.05) is 6.92 Å². The van der Waals surface area contributed by atoms with Gasteiger partial charge in [-0.1, -0.05) is 23.4 Å². The number of carbonyl (C=O) groups excluding carboxylic acids is 2. The van der Waals surface area contributed by atoms with E-state index in [-0.39, 0.29) is 11.6 Å². The number of fused-ring (bicyclic) bond motifs is 1. The summed E-state index contributed by atoms with van der Waals surface area (Å²) in [6.45, 7) is 2.93. The average molecular weight is 393 g/mol. The number of nitrogens with one attached hydrogen (secondary N) is 1. The number of ether oxygens (including phenoxy) is 1. The predicted molar refractivity (Wildman–Crippen MR) is 97.5 cm³/mol. The number of hydrogen-bond acceptors (Lipinski definition) is 8. The van der Waals surface area contributed by atoms with Gasteiger partial charge < -0.3 is 35.1 Å². The van der Waals surface area contributed by atoms with E-state index in [0.717, 1.165) is 0 Å². The lowest BCUT2D eigenvalue weighted by Gasteiger charge is -2.40. The molecule has 1 saturated heterocycles. The molecular formula is C18H23N3O7. The molecule has 0 saturated carbocycles. The molecule has 2 aliphatic rings. The Kier molecular flexibility index (Phi) is 5.94. The van der Waals surface area contributed by atoms with E-state index in [2.05, 4.69) is 10.5 Å². The summed E-state index contributed by atoms with van der Waals surface area (Å²) in [4.78, 5) is 31.0. The summed E-state index contributed by atoms with van der Waals surface area (Å²) in [5, 5.41) is 36.0. The Balaban J connectivity index is 1.88. The Bertz CT molecular complexity index is 784. The van der Waals surface area contributed by atoms with Crippen LogP contribution in [0, 0.1) is 0 Å². The summed E-state index contributed by atoms with van der Waals surface area (Å²) in [6, 6.07) is 5.94. The highest BCUT2D eigenvalue weighted by atomic mass is 16.8. The molecule has 10 nitrogen and oxygen atoms in total. The maximum Gasteiger partial charge on any atom is 0.281 e. The third kappa shape index (κ3) is 3.59. The average Bonchev–Trinajstić information content (AvgIpc) is 2.95. The van der Waals surface area contributed by atoms with Crippen LogP contribution in [-0.4, -0.2) is 76.6 Å². The van der Waals surface area contributed by atoms with Crippen LogP contribution in [0.5, 0.6) is 0 Å². The van der Waals surface area contributed by atoms with Crippen LogP contribution in [-0.2, 0) is 19.2 Å². The van der Waals surface area contributed by atoms with E-state index in [9.17, 15) is 24.9 Å². The number of amides is 2. The number of hydrogen-bond donors (Lipinski definition) is 4. The van der Waals surface area contributed by atoms with Gasteiger partial charge in [0.1, 0.15) is 24.4 Å². The fourth-order valence-electron chi connectivity index (χ4n) is 3.33. The maximum absolute atomic E-state index is 12.6. The molecule has 2 amide bonds. The second-order valence-electron chi connectivity index (χ2n) is 6.54. The first-order valence-electron chi connectivity index (χ1n) is 8.93. The quantitative estimate of drug-likeness (QED) is 0.457. The number of rotatable bonds is 5. The van der Waals surface area contributed by atoms with Crippen LogP contribution in [0.4, 0.5) is 5.69 Å². The van der Waals surface area contributed by atoms with Crippen LogP contribution >= 0.6 is 0 Å². The van der Waals surface area contributed by atoms with Crippen LogP contribution in [0.3, 0.4) is 0 Å². The van der Waals surface area contributed by atoms with Crippen LogP contribution in [0.1, 0.15) is 19.4 Å². The summed E-state index contributed by atoms with van der Waals surface area (Å²) in [7, 11) is 0. The van der Waals surface area contributed by atoms with Crippen molar-refractivity contribution in [3.05, 3.63) is 29.8 Å². The lowest BCUT2D eigenvalue weighted by molar-refractivity contribution is -0.270. The lowest BCUT2D eigenvalue weighted by atomic mass is 9.97. The minimum Gasteiger partial charge on any atom is -0.394 e. The Labute approximate surface area is 161 Å². The zero-order valence-corrected chi connectivity index (χ0v) is 15.5. The second-order valence-corrected chi connectivity index (χ2v) is 6.54. The number of benzene rings is 1. The molecule has 5 unspecified atom stereocenters. The van der Waals surface area contributed by atoms with E-state index < -0.39 is 43.2 Å². The largest absolute Gasteiger partial charge is 0.394 e. The first-order chi connectivity index (χ1) is 13.4. The van der Waals surface area contributed by atoms with Gasteiger partial charge in [0.2, 0.25) is 12.2 Å². The van der Waals surface area contributed by atoms with Gasteiger partial charge in [0.15, 0.2) is 5.71 Å². The molecule has 2 aliphatic heterocycles. The molecular weight excluding hydrogens is 370 g/mol. The highest BCUT2D eigenvalue weighted by molar-refractivity contribution is 6.54. The number of nitrogens with zero attached hydrogens (tertiary/aromatic N) is 2. The third-order valence-corrected chi connectivity index (χ3v) is 4.71. The second kappa shape index (κ2) is 8.23. The van der Waals surface area contributed by atoms with Crippen molar-refractivity contribution in [2.75, 3.05) is 18.1 Å². The zero-order chi connectivity index (χ0) is 20.4. The van der Waals surface area contributed by atoms with Crippen LogP contribution in [0.25, 0.3) is 0 Å². The van der Waals surface area contributed by atoms with E-state index in [0.29, 0.717) is 17.8 Å². The van der Waals surface area contributed by atoms with Crippen LogP contribution < -0.4 is 10.2 Å². The molecule has 0 spiro atoms. The third-order valence-electron chi connectivity index (χ3n) is 4.71. The number of anilines is 1. The van der Waals surface area contributed by atoms with Gasteiger partial charge in [0, 0.05) is 19.0 Å². The molecule has 2 heterocycles. The Morgan fingerprint density at radius 3 is 2.68 bits per heavy atom. The molecule has 28 heavy (non-hydrogen) atoms. The van der Waals surface area contributed by atoms with Crippen molar-refractivity contribution in [2.24, 2.45) is 5.16 Å². The Hall–Kier alpha value is -2.53. The molecule has 10 heteroatoms. The van der Waals surface area contributed by atoms with Gasteiger partial charge in [0.05, 0.1) is 12.3 Å². The van der Waals surface area contributed by atoms with Gasteiger partial charge in [-0.25, -0.2) is 0 Å². The fourth-order valence-corrected chi connectivity index (χ4v) is 3.33. The Morgan fingerprint density at radius 1 is 1.32 bits per heavy atom. The molecule has 1 aromatic carbocycles. The number of aliphatic hydroxyl groups excluding tert-OH is 3. The van der Waals surface area contributed by atoms with Crippen molar-refractivity contribution in [1.29, 1.82) is 0 Å². The molecule has 0 radical (unpaired) electrons. The van der Waals surface area contributed by atoms with E-state index >= 15 is 0 Å². The monoisotopic (exact) mass is 393 g/mol. The van der Waals surface area contributed by atoms with E-state index in [4.69, 9.17) is 9.57 Å². The molecule has 3 rings (SSSR count). The summed E-state index contributed by atoms with van der Waals surface area (Å²) < 4.78 is 5.44. The molecule has 0 bridgehead atoms. The fraction of sp³-hybridized carbons (Fsp3) is 0.500. The van der Waals surface area contributed by atoms with Crippen molar-refractivity contribution in [1.82, 2.24) is 5.32 Å². The number of likely N-dealkylation sites (N-methyl/N-ethyl adjacent to an activating group) is 1. The van der Waals surface area contributed by atoms with Crippen molar-refractivity contribution in [2.45, 2.75) is 44.5 Å². The van der Waals surface area contributed by atoms with Crippen molar-refractivity contribution in [3.63, 3.8) is 0 Å². The number of oxime groups is 1. The van der Waals surface area contributed by atoms with Gasteiger partial charge in [-0.3, -0.25) is 9.59 Å². The summed E-state index contributed by atoms with van der Waals surface area (Å²) in [5.41, 5.74) is 1.34. The SMILES string of the molecule is CCN1C(=O)C(=NOC2OC(CO)C(O)C(O)C2NC(C)=O)c2ccccc21. The molecule has 4 N–H and O–H groups in total. The predicted octanol–water partition coefficient (Wildman–Crippen LogP) is -1.28. The molecule has 1 fully saturated rings. The Morgan fingerprint density at radius 2 is 2.04 bits per heavy atom. The maximum atomic E-state index is 12.6. The van der Waals surface area contributed by atoms with Crippen molar-refractivity contribution >= 4 is 23.2 Å². The van der Waals surface area contributed by atoms with E-state index in [1.54, 1.807) is 29.2 Å². The molecule has 0 aromatic heterocycles. The molecule has 5 atom stereocenters. The van der Waals surface area contributed by atoms with Gasteiger partial charge in [-0.05, 0) is 13.0 Å². The highest BCUT2D eigenvalue weighted by Gasteiger charge is 2.46. The van der Waals surface area contributed by atoms with Gasteiger partial charge in [0.25, 0.3) is 5.91 Å². The van der Waals surface area contributed by atoms with Crippen LogP contribution in [0.15, 0.2) is 29.4 Å². The normalized spacial score (nSPS) is 31.0. The minimum absolute atomic E-state index is 0.0591. The number of aliphatic hydroxyl groups is 3. The summed E-state index contributed by atoms with van der Waals surface area (Å²) in [5.74, 6) is -0.835. The smallest absolute Gasteiger partial charge is 0.281 e. The first-order valence-corrected chi connectivity index (χ1v) is 8.93. The lowest BCUT2D eigenvalue weighted by Crippen LogP contribution is -2.64. The summed E-state index contributed by atoms with van der Waals surface area (Å²) >= 11 is 0. The van der Waals surface area contributed by atoms with Gasteiger partial charge in [-0.15, -0.1) is 0 Å². The first kappa shape index (κ1) is 20.2. The van der Waals surface area contributed by atoms with Gasteiger partial charge >= 0.3 is 0 Å². The van der Waals surface area contributed by atoms with E-state index in [1.165, 1.54) is 6.92 Å². The van der Waals surface area contributed by atoms with Crippen LogP contribution in [0.2, 0.25) is 0 Å². The molecule has 152 valence electrons. The van der Waals surface area contributed by atoms with Crippen molar-refractivity contribution in [3.8, 4) is 0 Å². The topological polar surface area (TPSA) is 141 Å². The van der Waals surface area contributed by atoms with Crippen molar-refractivity contribution < 1.29 is 34.5 Å². The van der Waals surface area contributed by atoms with Gasteiger partial charge in [-0.2, -0.15) is 0 Å². The standard InChI is InChI=1S/C18H23N3O7/c1-3-21-11-7-5-4-6-10(11)13(17(21)26)20-28-18-14(19-9(2)23)16(25)15(24)12(8-22)27-18/h4-7,12,14-16,18,22,24-25H,3,8H2,1-2H3,(H,19,23). The number of carbonyl (C=O) groups is 2.